The molecular formula is C10H26N2O2Si. The van der Waals surface area contributed by atoms with Crippen LogP contribution in [0.3, 0.4) is 0 Å². The van der Waals surface area contributed by atoms with Crippen molar-refractivity contribution in [3.05, 3.63) is 0 Å². The van der Waals surface area contributed by atoms with E-state index in [2.05, 4.69) is 51.5 Å². The monoisotopic (exact) mass is 234 g/mol. The Balaban J connectivity index is 4.74. The van der Waals surface area contributed by atoms with Crippen LogP contribution < -0.4 is 9.96 Å². The van der Waals surface area contributed by atoms with Gasteiger partial charge in [-0.15, -0.1) is 0 Å². The average molecular weight is 234 g/mol. The molecule has 2 N–H and O–H groups in total. The first-order chi connectivity index (χ1) is 6.54. The van der Waals surface area contributed by atoms with Crippen LogP contribution in [0.15, 0.2) is 0 Å². The van der Waals surface area contributed by atoms with Crippen molar-refractivity contribution in [1.29, 1.82) is 0 Å². The van der Waals surface area contributed by atoms with Crippen LogP contribution in [0.1, 0.15) is 41.5 Å². The second kappa shape index (κ2) is 4.93. The van der Waals surface area contributed by atoms with E-state index >= 15 is 0 Å². The van der Waals surface area contributed by atoms with E-state index in [1.807, 2.05) is 0 Å². The zero-order valence-corrected chi connectivity index (χ0v) is 12.3. The maximum Gasteiger partial charge on any atom is 0.517 e. The Morgan fingerprint density at radius 2 is 1.00 bits per heavy atom. The summed E-state index contributed by atoms with van der Waals surface area (Å²) in [5, 5.41) is 0. The molecule has 15 heavy (non-hydrogen) atoms. The van der Waals surface area contributed by atoms with Crippen LogP contribution in [0.2, 0.25) is 0 Å². The van der Waals surface area contributed by atoms with E-state index < -0.39 is 8.88 Å². The van der Waals surface area contributed by atoms with Crippen molar-refractivity contribution >= 4 is 8.88 Å². The lowest BCUT2D eigenvalue weighted by atomic mass is 10.1. The molecule has 0 spiro atoms. The average Bonchev–Trinajstić information content (AvgIpc) is 1.98. The van der Waals surface area contributed by atoms with E-state index in [1.54, 1.807) is 14.2 Å². The van der Waals surface area contributed by atoms with Gasteiger partial charge in [0.2, 0.25) is 0 Å². The predicted octanol–water partition coefficient (Wildman–Crippen LogP) is 1.49. The van der Waals surface area contributed by atoms with Gasteiger partial charge in [-0.25, -0.2) is 0 Å². The van der Waals surface area contributed by atoms with Crippen molar-refractivity contribution in [3.8, 4) is 0 Å². The van der Waals surface area contributed by atoms with Gasteiger partial charge in [-0.1, -0.05) is 0 Å². The summed E-state index contributed by atoms with van der Waals surface area (Å²) in [4.78, 5) is 6.82. The van der Waals surface area contributed by atoms with Crippen molar-refractivity contribution < 1.29 is 8.85 Å². The highest BCUT2D eigenvalue weighted by Gasteiger charge is 2.43. The third kappa shape index (κ3) is 6.27. The van der Waals surface area contributed by atoms with Gasteiger partial charge in [-0.2, -0.15) is 0 Å². The second-order valence-electron chi connectivity index (χ2n) is 5.77. The maximum absolute atomic E-state index is 5.53. The Kier molecular flexibility index (Phi) is 4.94. The van der Waals surface area contributed by atoms with Crippen molar-refractivity contribution in [1.82, 2.24) is 9.96 Å². The minimum atomic E-state index is -2.51. The Hall–Kier alpha value is 0.0569. The molecule has 0 unspecified atom stereocenters. The molecular weight excluding hydrogens is 208 g/mol. The molecule has 0 aromatic heterocycles. The molecule has 0 aliphatic rings. The molecule has 0 amide bonds. The Bertz CT molecular complexity index is 175. The lowest BCUT2D eigenvalue weighted by Gasteiger charge is -2.38. The molecule has 0 aromatic carbocycles. The SMILES string of the molecule is CO[Si](NC(C)(C)C)(NC(C)(C)C)OC. The zero-order chi connectivity index (χ0) is 12.3. The minimum Gasteiger partial charge on any atom is -0.374 e. The molecule has 0 saturated carbocycles. The van der Waals surface area contributed by atoms with Crippen molar-refractivity contribution in [2.24, 2.45) is 0 Å². The summed E-state index contributed by atoms with van der Waals surface area (Å²) in [5.41, 5.74) is -0.0903. The first-order valence-electron chi connectivity index (χ1n) is 5.22. The van der Waals surface area contributed by atoms with Gasteiger partial charge in [-0.05, 0) is 41.5 Å². The molecule has 0 aromatic rings. The second-order valence-corrected chi connectivity index (χ2v) is 8.32. The van der Waals surface area contributed by atoms with Crippen LogP contribution in [-0.2, 0) is 8.85 Å². The van der Waals surface area contributed by atoms with Crippen LogP contribution in [0.5, 0.6) is 0 Å². The fourth-order valence-electron chi connectivity index (χ4n) is 1.31. The quantitative estimate of drug-likeness (QED) is 0.723. The molecule has 5 heteroatoms. The molecule has 0 aliphatic heterocycles. The topological polar surface area (TPSA) is 42.5 Å². The molecule has 0 atom stereocenters. The molecule has 0 heterocycles. The van der Waals surface area contributed by atoms with Gasteiger partial charge in [0.1, 0.15) is 0 Å². The lowest BCUT2D eigenvalue weighted by Crippen LogP contribution is -2.73. The fraction of sp³-hybridized carbons (Fsp3) is 1.00. The van der Waals surface area contributed by atoms with Gasteiger partial charge in [-0.3, -0.25) is 9.96 Å². The Morgan fingerprint density at radius 1 is 0.733 bits per heavy atom. The molecule has 0 fully saturated rings. The largest absolute Gasteiger partial charge is 0.517 e. The van der Waals surface area contributed by atoms with Gasteiger partial charge in [0, 0.05) is 25.3 Å². The van der Waals surface area contributed by atoms with Crippen LogP contribution in [0, 0.1) is 0 Å². The number of nitrogens with one attached hydrogen (secondary N) is 2. The third-order valence-electron chi connectivity index (χ3n) is 1.65. The maximum atomic E-state index is 5.53. The van der Waals surface area contributed by atoms with E-state index in [4.69, 9.17) is 8.85 Å². The molecule has 0 bridgehead atoms. The highest BCUT2D eigenvalue weighted by molar-refractivity contribution is 6.62. The standard InChI is InChI=1S/C10H26N2O2Si/c1-9(2,3)11-15(13-7,14-8)12-10(4,5)6/h11-12H,1-8H3. The van der Waals surface area contributed by atoms with Crippen LogP contribution in [0.25, 0.3) is 0 Å². The van der Waals surface area contributed by atoms with Crippen LogP contribution in [0.4, 0.5) is 0 Å². The molecule has 0 aliphatic carbocycles. The molecule has 0 rings (SSSR count). The third-order valence-corrected chi connectivity index (χ3v) is 4.96. The summed E-state index contributed by atoms with van der Waals surface area (Å²) in [6.45, 7) is 12.6. The van der Waals surface area contributed by atoms with Crippen LogP contribution in [-0.4, -0.2) is 34.2 Å². The van der Waals surface area contributed by atoms with Crippen molar-refractivity contribution in [2.75, 3.05) is 14.2 Å². The molecule has 4 nitrogen and oxygen atoms in total. The van der Waals surface area contributed by atoms with Gasteiger partial charge in [0.15, 0.2) is 0 Å². The minimum absolute atomic E-state index is 0.0451. The normalized spacial score (nSPS) is 14.4. The fourth-order valence-corrected chi connectivity index (χ4v) is 3.92. The van der Waals surface area contributed by atoms with Crippen molar-refractivity contribution in [2.45, 2.75) is 52.6 Å². The summed E-state index contributed by atoms with van der Waals surface area (Å²) in [7, 11) is 0.833. The van der Waals surface area contributed by atoms with E-state index in [1.165, 1.54) is 0 Å². The number of hydrogen-bond acceptors (Lipinski definition) is 4. The lowest BCUT2D eigenvalue weighted by molar-refractivity contribution is 0.184. The van der Waals surface area contributed by atoms with Crippen molar-refractivity contribution in [3.63, 3.8) is 0 Å². The van der Waals surface area contributed by atoms with Crippen LogP contribution >= 0.6 is 0 Å². The number of hydrogen-bond donors (Lipinski definition) is 2. The number of rotatable bonds is 4. The highest BCUT2D eigenvalue weighted by atomic mass is 28.4. The molecule has 92 valence electrons. The highest BCUT2D eigenvalue weighted by Crippen LogP contribution is 2.11. The van der Waals surface area contributed by atoms with Gasteiger partial charge in [0.05, 0.1) is 0 Å². The Morgan fingerprint density at radius 3 is 1.13 bits per heavy atom. The summed E-state index contributed by atoms with van der Waals surface area (Å²) in [5.74, 6) is 0. The zero-order valence-electron chi connectivity index (χ0n) is 11.3. The smallest absolute Gasteiger partial charge is 0.374 e. The summed E-state index contributed by atoms with van der Waals surface area (Å²) >= 11 is 0. The predicted molar refractivity (Wildman–Crippen MR) is 65.5 cm³/mol. The molecule has 0 radical (unpaired) electrons. The van der Waals surface area contributed by atoms with Gasteiger partial charge < -0.3 is 8.85 Å². The van der Waals surface area contributed by atoms with E-state index in [-0.39, 0.29) is 11.1 Å². The Labute approximate surface area is 95.1 Å². The van der Waals surface area contributed by atoms with E-state index in [0.29, 0.717) is 0 Å². The summed E-state index contributed by atoms with van der Waals surface area (Å²) < 4.78 is 11.1. The van der Waals surface area contributed by atoms with E-state index in [9.17, 15) is 0 Å². The van der Waals surface area contributed by atoms with Gasteiger partial charge in [0.25, 0.3) is 0 Å². The summed E-state index contributed by atoms with van der Waals surface area (Å²) in [6, 6.07) is 0. The first-order valence-corrected chi connectivity index (χ1v) is 7.04. The molecule has 0 saturated heterocycles. The first kappa shape index (κ1) is 15.1. The van der Waals surface area contributed by atoms with Gasteiger partial charge >= 0.3 is 8.88 Å². The summed E-state index contributed by atoms with van der Waals surface area (Å²) in [6.07, 6.45) is 0. The van der Waals surface area contributed by atoms with E-state index in [0.717, 1.165) is 0 Å².